The van der Waals surface area contributed by atoms with E-state index in [1.54, 1.807) is 18.7 Å². The molecule has 0 saturated heterocycles. The maximum Gasteiger partial charge on any atom is 0.249 e. The van der Waals surface area contributed by atoms with E-state index in [1.165, 1.54) is 26.8 Å². The van der Waals surface area contributed by atoms with Gasteiger partial charge in [-0.3, -0.25) is 14.4 Å². The molecular formula is C27H31N3O7S. The SMILES string of the molecule is CSCC[C@@H](N/C(C)=C1\C(=O)C=C2Oc3c(C(C)=O)c(O)c(C)c(O)c3[C@@]2(C)C1=O)c1nc(C(C)C)no1. The third kappa shape index (κ3) is 4.18. The molecule has 0 spiro atoms. The Morgan fingerprint density at radius 3 is 2.47 bits per heavy atom. The van der Waals surface area contributed by atoms with E-state index < -0.39 is 34.6 Å². The van der Waals surface area contributed by atoms with Crippen molar-refractivity contribution in [3.8, 4) is 17.2 Å². The van der Waals surface area contributed by atoms with Crippen molar-refractivity contribution in [2.45, 2.75) is 65.3 Å². The predicted molar refractivity (Wildman–Crippen MR) is 141 cm³/mol. The van der Waals surface area contributed by atoms with E-state index in [2.05, 4.69) is 15.5 Å². The lowest BCUT2D eigenvalue weighted by Crippen LogP contribution is -2.41. The first-order chi connectivity index (χ1) is 17.8. The maximum atomic E-state index is 14.0. The molecule has 1 aliphatic heterocycles. The van der Waals surface area contributed by atoms with Crippen molar-refractivity contribution in [3.63, 3.8) is 0 Å². The fraction of sp³-hybridized carbons (Fsp3) is 0.444. The summed E-state index contributed by atoms with van der Waals surface area (Å²) in [5.74, 6) is -0.889. The number of fused-ring (bicyclic) bond motifs is 3. The minimum absolute atomic E-state index is 0.0146. The standard InChI is InChI=1S/C27H31N3O7S/c1-11(2)25-29-26(37-30-25)15(8-9-38-7)28-13(4)18-16(32)10-17-27(6,24(18)35)20-22(34)12(3)21(33)19(14(5)31)23(20)36-17/h10-11,15,28,33-34H,8-9H2,1-7H3/b18-13+/t15-,27+/m1/s1. The van der Waals surface area contributed by atoms with E-state index in [0.717, 1.165) is 5.75 Å². The smallest absolute Gasteiger partial charge is 0.249 e. The van der Waals surface area contributed by atoms with E-state index in [-0.39, 0.29) is 45.4 Å². The fourth-order valence-corrected chi connectivity index (χ4v) is 5.28. The highest BCUT2D eigenvalue weighted by Gasteiger charge is 2.56. The summed E-state index contributed by atoms with van der Waals surface area (Å²) in [4.78, 5) is 44.1. The van der Waals surface area contributed by atoms with Crippen LogP contribution in [0.3, 0.4) is 0 Å². The zero-order valence-corrected chi connectivity index (χ0v) is 23.2. The van der Waals surface area contributed by atoms with Crippen LogP contribution in [0.1, 0.15) is 86.2 Å². The van der Waals surface area contributed by atoms with Crippen LogP contribution in [0.5, 0.6) is 17.2 Å². The molecule has 10 nitrogen and oxygen atoms in total. The summed E-state index contributed by atoms with van der Waals surface area (Å²) in [5.41, 5.74) is -1.45. The van der Waals surface area contributed by atoms with Gasteiger partial charge in [0.2, 0.25) is 5.89 Å². The largest absolute Gasteiger partial charge is 0.507 e. The number of thioether (sulfide) groups is 1. The lowest BCUT2D eigenvalue weighted by molar-refractivity contribution is -0.123. The van der Waals surface area contributed by atoms with Gasteiger partial charge in [-0.15, -0.1) is 0 Å². The molecule has 38 heavy (non-hydrogen) atoms. The molecule has 2 atom stereocenters. The highest BCUT2D eigenvalue weighted by molar-refractivity contribution is 7.98. The van der Waals surface area contributed by atoms with Crippen molar-refractivity contribution < 1.29 is 33.9 Å². The number of aromatic nitrogens is 2. The van der Waals surface area contributed by atoms with Crippen molar-refractivity contribution >= 4 is 29.1 Å². The molecule has 0 unspecified atom stereocenters. The van der Waals surface area contributed by atoms with Crippen LogP contribution >= 0.6 is 11.8 Å². The molecule has 1 aromatic heterocycles. The van der Waals surface area contributed by atoms with Crippen LogP contribution in [0, 0.1) is 6.92 Å². The second kappa shape index (κ2) is 9.94. The summed E-state index contributed by atoms with van der Waals surface area (Å²) in [5, 5.41) is 28.8. The average molecular weight is 542 g/mol. The maximum absolute atomic E-state index is 14.0. The molecule has 4 rings (SSSR count). The Morgan fingerprint density at radius 1 is 1.21 bits per heavy atom. The average Bonchev–Trinajstić information content (AvgIpc) is 3.44. The molecule has 2 aliphatic rings. The van der Waals surface area contributed by atoms with Crippen molar-refractivity contribution in [3.05, 3.63) is 51.5 Å². The van der Waals surface area contributed by atoms with Gasteiger partial charge >= 0.3 is 0 Å². The van der Waals surface area contributed by atoms with E-state index in [4.69, 9.17) is 9.26 Å². The Labute approximate surface area is 224 Å². The summed E-state index contributed by atoms with van der Waals surface area (Å²) in [6.45, 7) is 9.75. The Balaban J connectivity index is 1.81. The highest BCUT2D eigenvalue weighted by atomic mass is 32.2. The van der Waals surface area contributed by atoms with Gasteiger partial charge in [-0.2, -0.15) is 16.7 Å². The first-order valence-corrected chi connectivity index (χ1v) is 13.6. The third-order valence-corrected chi connectivity index (χ3v) is 7.68. The number of nitrogens with zero attached hydrogens (tertiary/aromatic N) is 2. The lowest BCUT2D eigenvalue weighted by Gasteiger charge is -2.29. The molecule has 0 radical (unpaired) electrons. The van der Waals surface area contributed by atoms with Crippen LogP contribution in [-0.4, -0.2) is 49.7 Å². The van der Waals surface area contributed by atoms with Gasteiger partial charge < -0.3 is 24.8 Å². The van der Waals surface area contributed by atoms with Gasteiger partial charge in [0, 0.05) is 23.3 Å². The lowest BCUT2D eigenvalue weighted by atomic mass is 9.70. The van der Waals surface area contributed by atoms with E-state index in [0.29, 0.717) is 23.8 Å². The normalized spacial score (nSPS) is 20.6. The number of nitrogens with one attached hydrogen (secondary N) is 1. The first kappa shape index (κ1) is 27.4. The minimum atomic E-state index is -1.58. The van der Waals surface area contributed by atoms with Crippen molar-refractivity contribution in [1.82, 2.24) is 15.5 Å². The van der Waals surface area contributed by atoms with E-state index in [1.807, 2.05) is 20.1 Å². The topological polar surface area (TPSA) is 152 Å². The van der Waals surface area contributed by atoms with Crippen molar-refractivity contribution in [2.75, 3.05) is 12.0 Å². The van der Waals surface area contributed by atoms with Gasteiger partial charge in [-0.1, -0.05) is 19.0 Å². The summed E-state index contributed by atoms with van der Waals surface area (Å²) in [7, 11) is 0. The summed E-state index contributed by atoms with van der Waals surface area (Å²) >= 11 is 1.63. The molecule has 0 amide bonds. The molecule has 1 aliphatic carbocycles. The number of hydrogen-bond acceptors (Lipinski definition) is 11. The number of benzene rings is 1. The molecule has 0 fully saturated rings. The van der Waals surface area contributed by atoms with E-state index >= 15 is 0 Å². The van der Waals surface area contributed by atoms with Gasteiger partial charge in [0.1, 0.15) is 40.0 Å². The Morgan fingerprint density at radius 2 is 1.89 bits per heavy atom. The fourth-order valence-electron chi connectivity index (χ4n) is 4.81. The number of carbonyl (C=O) groups is 3. The number of rotatable bonds is 8. The van der Waals surface area contributed by atoms with Crippen LogP contribution in [0.2, 0.25) is 0 Å². The molecule has 2 aromatic rings. The molecule has 1 aromatic carbocycles. The third-order valence-electron chi connectivity index (χ3n) is 7.03. The number of hydrogen-bond donors (Lipinski definition) is 3. The van der Waals surface area contributed by atoms with Crippen LogP contribution in [-0.2, 0) is 15.0 Å². The minimum Gasteiger partial charge on any atom is -0.507 e. The number of phenolic OH excluding ortho intramolecular Hbond substituents is 2. The van der Waals surface area contributed by atoms with Gasteiger partial charge in [-0.25, -0.2) is 0 Å². The molecule has 3 N–H and O–H groups in total. The Hall–Kier alpha value is -3.60. The quantitative estimate of drug-likeness (QED) is 0.251. The molecule has 2 heterocycles. The van der Waals surface area contributed by atoms with Gasteiger partial charge in [-0.05, 0) is 46.1 Å². The second-order valence-electron chi connectivity index (χ2n) is 10.0. The molecule has 11 heteroatoms. The number of phenols is 2. The summed E-state index contributed by atoms with van der Waals surface area (Å²) in [6, 6.07) is -0.447. The number of aromatic hydroxyl groups is 2. The zero-order chi connectivity index (χ0) is 28.1. The Bertz CT molecular complexity index is 1420. The number of allylic oxidation sites excluding steroid dienone is 4. The van der Waals surface area contributed by atoms with Crippen LogP contribution in [0.25, 0.3) is 0 Å². The number of carbonyl (C=O) groups excluding carboxylic acids is 3. The molecule has 0 saturated carbocycles. The number of Topliss-reactive ketones (excluding diaryl/α,β-unsaturated/α-hetero) is 2. The van der Waals surface area contributed by atoms with Gasteiger partial charge in [0.05, 0.1) is 11.1 Å². The zero-order valence-electron chi connectivity index (χ0n) is 22.4. The molecular weight excluding hydrogens is 510 g/mol. The first-order valence-electron chi connectivity index (χ1n) is 12.2. The second-order valence-corrected chi connectivity index (χ2v) is 11.0. The highest BCUT2D eigenvalue weighted by Crippen LogP contribution is 2.57. The van der Waals surface area contributed by atoms with Crippen LogP contribution < -0.4 is 10.1 Å². The van der Waals surface area contributed by atoms with Gasteiger partial charge in [0.25, 0.3) is 0 Å². The number of ketones is 3. The van der Waals surface area contributed by atoms with Crippen molar-refractivity contribution in [2.24, 2.45) is 0 Å². The van der Waals surface area contributed by atoms with Crippen LogP contribution in [0.4, 0.5) is 0 Å². The van der Waals surface area contributed by atoms with Gasteiger partial charge in [0.15, 0.2) is 23.2 Å². The molecule has 0 bridgehead atoms. The molecule has 202 valence electrons. The van der Waals surface area contributed by atoms with Crippen LogP contribution in [0.15, 0.2) is 27.6 Å². The van der Waals surface area contributed by atoms with Crippen molar-refractivity contribution in [1.29, 1.82) is 0 Å². The number of ether oxygens (including phenoxy) is 1. The monoisotopic (exact) mass is 541 g/mol. The predicted octanol–water partition coefficient (Wildman–Crippen LogP) is 4.16. The Kier molecular flexibility index (Phi) is 7.17. The summed E-state index contributed by atoms with van der Waals surface area (Å²) in [6.07, 6.45) is 3.76. The summed E-state index contributed by atoms with van der Waals surface area (Å²) < 4.78 is 11.3. The van der Waals surface area contributed by atoms with E-state index in [9.17, 15) is 24.6 Å².